The van der Waals surface area contributed by atoms with Crippen molar-refractivity contribution in [2.45, 2.75) is 18.9 Å². The number of hydrogen-bond acceptors (Lipinski definition) is 3. The quantitative estimate of drug-likeness (QED) is 0.579. The maximum Gasteiger partial charge on any atom is 0.348 e. The molecule has 2 aromatic rings. The molecule has 23 heavy (non-hydrogen) atoms. The van der Waals surface area contributed by atoms with E-state index >= 15 is 0 Å². The van der Waals surface area contributed by atoms with Crippen molar-refractivity contribution in [3.05, 3.63) is 53.1 Å². The highest BCUT2D eigenvalue weighted by molar-refractivity contribution is 5.57. The lowest BCUT2D eigenvalue weighted by Gasteiger charge is -2.15. The van der Waals surface area contributed by atoms with Crippen molar-refractivity contribution in [3.63, 3.8) is 0 Å². The van der Waals surface area contributed by atoms with E-state index in [0.717, 1.165) is 10.1 Å². The first-order chi connectivity index (χ1) is 10.9. The average Bonchev–Trinajstić information content (AvgIpc) is 2.53. The Bertz CT molecular complexity index is 689. The summed E-state index contributed by atoms with van der Waals surface area (Å²) in [5, 5.41) is 0. The fourth-order valence-electron chi connectivity index (χ4n) is 1.80. The molecule has 124 valence electrons. The SMILES string of the molecule is O=c1nc(-c2ccccc2)ccn1CCOCC(F)(F)C(F)F. The zero-order chi connectivity index (χ0) is 16.9. The van der Waals surface area contributed by atoms with Crippen molar-refractivity contribution in [2.24, 2.45) is 0 Å². The largest absolute Gasteiger partial charge is 0.373 e. The van der Waals surface area contributed by atoms with Crippen LogP contribution in [-0.2, 0) is 11.3 Å². The zero-order valence-electron chi connectivity index (χ0n) is 12.0. The van der Waals surface area contributed by atoms with E-state index < -0.39 is 24.6 Å². The summed E-state index contributed by atoms with van der Waals surface area (Å²) in [5.74, 6) is -4.19. The molecule has 1 aromatic heterocycles. The summed E-state index contributed by atoms with van der Waals surface area (Å²) in [7, 11) is 0. The number of benzene rings is 1. The first-order valence-corrected chi connectivity index (χ1v) is 6.77. The van der Waals surface area contributed by atoms with Gasteiger partial charge in [-0.05, 0) is 6.07 Å². The fraction of sp³-hybridized carbons (Fsp3) is 0.333. The molecule has 0 aliphatic carbocycles. The van der Waals surface area contributed by atoms with Gasteiger partial charge >= 0.3 is 18.0 Å². The zero-order valence-corrected chi connectivity index (χ0v) is 12.0. The van der Waals surface area contributed by atoms with Crippen LogP contribution in [0.1, 0.15) is 0 Å². The highest BCUT2D eigenvalue weighted by Gasteiger charge is 2.40. The van der Waals surface area contributed by atoms with Gasteiger partial charge in [-0.25, -0.2) is 13.6 Å². The summed E-state index contributed by atoms with van der Waals surface area (Å²) in [6.07, 6.45) is -2.33. The van der Waals surface area contributed by atoms with Crippen molar-refractivity contribution in [1.82, 2.24) is 9.55 Å². The molecule has 0 fully saturated rings. The van der Waals surface area contributed by atoms with Gasteiger partial charge in [0.05, 0.1) is 18.8 Å². The molecule has 0 spiro atoms. The highest BCUT2D eigenvalue weighted by Crippen LogP contribution is 2.22. The Morgan fingerprint density at radius 2 is 1.87 bits per heavy atom. The second-order valence-corrected chi connectivity index (χ2v) is 4.77. The summed E-state index contributed by atoms with van der Waals surface area (Å²) in [5.41, 5.74) is 0.678. The van der Waals surface area contributed by atoms with Crippen molar-refractivity contribution in [3.8, 4) is 11.3 Å². The summed E-state index contributed by atoms with van der Waals surface area (Å²) < 4.78 is 54.8. The molecule has 0 saturated heterocycles. The van der Waals surface area contributed by atoms with E-state index in [4.69, 9.17) is 0 Å². The van der Waals surface area contributed by atoms with Gasteiger partial charge in [-0.15, -0.1) is 0 Å². The van der Waals surface area contributed by atoms with Gasteiger partial charge in [-0.3, -0.25) is 4.57 Å². The summed E-state index contributed by atoms with van der Waals surface area (Å²) in [4.78, 5) is 15.7. The molecule has 0 atom stereocenters. The minimum absolute atomic E-state index is 0.0553. The number of alkyl halides is 4. The Kier molecular flexibility index (Phi) is 5.49. The molecule has 0 N–H and O–H groups in total. The molecule has 0 amide bonds. The Morgan fingerprint density at radius 1 is 1.17 bits per heavy atom. The molecule has 0 aliphatic rings. The summed E-state index contributed by atoms with van der Waals surface area (Å²) >= 11 is 0. The van der Waals surface area contributed by atoms with Crippen molar-refractivity contribution in [2.75, 3.05) is 13.2 Å². The van der Waals surface area contributed by atoms with Crippen LogP contribution < -0.4 is 5.69 Å². The van der Waals surface area contributed by atoms with Crippen LogP contribution >= 0.6 is 0 Å². The van der Waals surface area contributed by atoms with Crippen molar-refractivity contribution >= 4 is 0 Å². The summed E-state index contributed by atoms with van der Waals surface area (Å²) in [6.45, 7) is -1.75. The Hall–Kier alpha value is -2.22. The lowest BCUT2D eigenvalue weighted by Crippen LogP contribution is -2.33. The third-order valence-corrected chi connectivity index (χ3v) is 3.03. The molecule has 0 radical (unpaired) electrons. The Balaban J connectivity index is 1.94. The topological polar surface area (TPSA) is 44.1 Å². The van der Waals surface area contributed by atoms with Crippen LogP contribution in [-0.4, -0.2) is 35.1 Å². The number of ether oxygens (including phenoxy) is 1. The van der Waals surface area contributed by atoms with Crippen molar-refractivity contribution in [1.29, 1.82) is 0 Å². The molecule has 0 bridgehead atoms. The van der Waals surface area contributed by atoms with E-state index in [-0.39, 0.29) is 13.2 Å². The number of halogens is 4. The lowest BCUT2D eigenvalue weighted by molar-refractivity contribution is -0.166. The molecule has 1 aromatic carbocycles. The minimum Gasteiger partial charge on any atom is -0.373 e. The Morgan fingerprint density at radius 3 is 2.48 bits per heavy atom. The highest BCUT2D eigenvalue weighted by atomic mass is 19.3. The van der Waals surface area contributed by atoms with Gasteiger partial charge in [-0.2, -0.15) is 13.8 Å². The van der Waals surface area contributed by atoms with E-state index in [2.05, 4.69) is 9.72 Å². The molecule has 8 heteroatoms. The van der Waals surface area contributed by atoms with E-state index in [0.29, 0.717) is 5.69 Å². The average molecular weight is 330 g/mol. The molecule has 0 aliphatic heterocycles. The second-order valence-electron chi connectivity index (χ2n) is 4.77. The maximum atomic E-state index is 12.6. The molecular weight excluding hydrogens is 316 g/mol. The minimum atomic E-state index is -4.19. The first-order valence-electron chi connectivity index (χ1n) is 6.77. The van der Waals surface area contributed by atoms with E-state index in [1.165, 1.54) is 6.20 Å². The van der Waals surface area contributed by atoms with Crippen LogP contribution in [0.2, 0.25) is 0 Å². The number of rotatable bonds is 7. The van der Waals surface area contributed by atoms with Gasteiger partial charge in [0.2, 0.25) is 0 Å². The molecule has 2 rings (SSSR count). The fourth-order valence-corrected chi connectivity index (χ4v) is 1.80. The normalized spacial score (nSPS) is 11.9. The molecule has 1 heterocycles. The van der Waals surface area contributed by atoms with Gasteiger partial charge in [0.25, 0.3) is 0 Å². The standard InChI is InChI=1S/C15H14F4N2O2/c16-13(17)15(18,19)10-23-9-8-21-7-6-12(20-14(21)22)11-4-2-1-3-5-11/h1-7,13H,8-10H2. The van der Waals surface area contributed by atoms with E-state index in [1.807, 2.05) is 6.07 Å². The molecule has 4 nitrogen and oxygen atoms in total. The van der Waals surface area contributed by atoms with E-state index in [9.17, 15) is 22.4 Å². The lowest BCUT2D eigenvalue weighted by atomic mass is 10.1. The van der Waals surface area contributed by atoms with Gasteiger partial charge in [0, 0.05) is 11.8 Å². The van der Waals surface area contributed by atoms with E-state index in [1.54, 1.807) is 30.3 Å². The third-order valence-electron chi connectivity index (χ3n) is 3.03. The summed E-state index contributed by atoms with van der Waals surface area (Å²) in [6, 6.07) is 10.6. The van der Waals surface area contributed by atoms with Gasteiger partial charge in [0.1, 0.15) is 6.61 Å². The predicted octanol–water partition coefficient (Wildman–Crippen LogP) is 2.83. The van der Waals surface area contributed by atoms with Gasteiger partial charge in [0.15, 0.2) is 0 Å². The smallest absolute Gasteiger partial charge is 0.348 e. The van der Waals surface area contributed by atoms with Crippen LogP contribution in [0.5, 0.6) is 0 Å². The maximum absolute atomic E-state index is 12.6. The first kappa shape index (κ1) is 17.1. The molecular formula is C15H14F4N2O2. The van der Waals surface area contributed by atoms with Crippen LogP contribution in [0.3, 0.4) is 0 Å². The third kappa shape index (κ3) is 4.62. The van der Waals surface area contributed by atoms with Crippen LogP contribution in [0, 0.1) is 0 Å². The van der Waals surface area contributed by atoms with Gasteiger partial charge < -0.3 is 4.74 Å². The van der Waals surface area contributed by atoms with Crippen LogP contribution in [0.4, 0.5) is 17.6 Å². The second kappa shape index (κ2) is 7.36. The van der Waals surface area contributed by atoms with Crippen molar-refractivity contribution < 1.29 is 22.3 Å². The van der Waals surface area contributed by atoms with Crippen LogP contribution in [0.25, 0.3) is 11.3 Å². The van der Waals surface area contributed by atoms with Gasteiger partial charge in [-0.1, -0.05) is 30.3 Å². The van der Waals surface area contributed by atoms with Crippen LogP contribution in [0.15, 0.2) is 47.4 Å². The number of nitrogens with zero attached hydrogens (tertiary/aromatic N) is 2. The Labute approximate surface area is 129 Å². The monoisotopic (exact) mass is 330 g/mol. The molecule has 0 saturated carbocycles. The number of hydrogen-bond donors (Lipinski definition) is 0. The molecule has 0 unspecified atom stereocenters. The predicted molar refractivity (Wildman–Crippen MR) is 75.7 cm³/mol. The number of aromatic nitrogens is 2.